The van der Waals surface area contributed by atoms with E-state index in [-0.39, 0.29) is 17.9 Å². The van der Waals surface area contributed by atoms with Crippen LogP contribution in [-0.2, 0) is 24.1 Å². The molecule has 182 valence electrons. The SMILES string of the molecule is CCCn1c(=O)c2sc(N3CCCCC3)nc2n(CC(=O)Nc2ccc(C(F)(F)F)cc2)c1=O. The van der Waals surface area contributed by atoms with E-state index >= 15 is 0 Å². The van der Waals surface area contributed by atoms with Crippen LogP contribution in [0.5, 0.6) is 0 Å². The van der Waals surface area contributed by atoms with Gasteiger partial charge in [0, 0.05) is 25.3 Å². The van der Waals surface area contributed by atoms with Crippen molar-refractivity contribution in [2.75, 3.05) is 23.3 Å². The van der Waals surface area contributed by atoms with E-state index in [9.17, 15) is 27.6 Å². The van der Waals surface area contributed by atoms with Crippen LogP contribution in [0.15, 0.2) is 33.9 Å². The fraction of sp³-hybridized carbons (Fsp3) is 0.455. The molecule has 1 aliphatic heterocycles. The van der Waals surface area contributed by atoms with Crippen molar-refractivity contribution in [2.24, 2.45) is 0 Å². The first-order chi connectivity index (χ1) is 16.2. The number of carbonyl (C=O) groups is 1. The van der Waals surface area contributed by atoms with Crippen LogP contribution in [-0.4, -0.2) is 33.1 Å². The molecular formula is C22H24F3N5O3S. The summed E-state index contributed by atoms with van der Waals surface area (Å²) in [4.78, 5) is 45.4. The van der Waals surface area contributed by atoms with Gasteiger partial charge in [-0.3, -0.25) is 18.7 Å². The molecule has 34 heavy (non-hydrogen) atoms. The fourth-order valence-corrected chi connectivity index (χ4v) is 5.01. The Kier molecular flexibility index (Phi) is 6.78. The number of nitrogens with zero attached hydrogens (tertiary/aromatic N) is 4. The van der Waals surface area contributed by atoms with Crippen LogP contribution in [0.25, 0.3) is 10.3 Å². The number of anilines is 2. The summed E-state index contributed by atoms with van der Waals surface area (Å²) in [5, 5.41) is 3.15. The smallest absolute Gasteiger partial charge is 0.348 e. The minimum atomic E-state index is -4.48. The van der Waals surface area contributed by atoms with Gasteiger partial charge in [-0.1, -0.05) is 18.3 Å². The molecule has 4 rings (SSSR count). The van der Waals surface area contributed by atoms with E-state index in [4.69, 9.17) is 0 Å². The molecule has 0 saturated carbocycles. The first kappa shape index (κ1) is 24.0. The first-order valence-corrected chi connectivity index (χ1v) is 11.9. The van der Waals surface area contributed by atoms with E-state index in [2.05, 4.69) is 15.2 Å². The summed E-state index contributed by atoms with van der Waals surface area (Å²) in [5.41, 5.74) is -1.59. The number of fused-ring (bicyclic) bond motifs is 1. The number of aromatic nitrogens is 3. The van der Waals surface area contributed by atoms with Crippen molar-refractivity contribution >= 4 is 38.4 Å². The number of carbonyl (C=O) groups excluding carboxylic acids is 1. The molecule has 2 aromatic heterocycles. The Hall–Kier alpha value is -3.15. The highest BCUT2D eigenvalue weighted by atomic mass is 32.1. The number of rotatable bonds is 6. The zero-order valence-corrected chi connectivity index (χ0v) is 19.3. The predicted molar refractivity (Wildman–Crippen MR) is 125 cm³/mol. The van der Waals surface area contributed by atoms with Gasteiger partial charge < -0.3 is 10.2 Å². The zero-order chi connectivity index (χ0) is 24.5. The molecule has 12 heteroatoms. The van der Waals surface area contributed by atoms with E-state index in [1.165, 1.54) is 11.3 Å². The highest BCUT2D eigenvalue weighted by Crippen LogP contribution is 2.30. The number of benzene rings is 1. The molecule has 8 nitrogen and oxygen atoms in total. The predicted octanol–water partition coefficient (Wildman–Crippen LogP) is 3.68. The molecule has 0 atom stereocenters. The lowest BCUT2D eigenvalue weighted by atomic mass is 10.1. The van der Waals surface area contributed by atoms with Crippen LogP contribution in [0.1, 0.15) is 38.2 Å². The van der Waals surface area contributed by atoms with Crippen LogP contribution < -0.4 is 21.5 Å². The number of alkyl halides is 3. The summed E-state index contributed by atoms with van der Waals surface area (Å²) in [6.07, 6.45) is -0.780. The maximum Gasteiger partial charge on any atom is 0.416 e. The summed E-state index contributed by atoms with van der Waals surface area (Å²) in [5.74, 6) is -0.614. The van der Waals surface area contributed by atoms with Gasteiger partial charge in [-0.25, -0.2) is 9.78 Å². The molecule has 1 N–H and O–H groups in total. The van der Waals surface area contributed by atoms with Gasteiger partial charge in [0.05, 0.1) is 5.56 Å². The van der Waals surface area contributed by atoms with Gasteiger partial charge in [0.25, 0.3) is 5.56 Å². The first-order valence-electron chi connectivity index (χ1n) is 11.0. The second-order valence-electron chi connectivity index (χ2n) is 8.15. The minimum absolute atomic E-state index is 0.149. The van der Waals surface area contributed by atoms with E-state index in [0.717, 1.165) is 65.8 Å². The third-order valence-corrected chi connectivity index (χ3v) is 6.72. The maximum absolute atomic E-state index is 13.1. The number of nitrogens with one attached hydrogen (secondary N) is 1. The van der Waals surface area contributed by atoms with Crippen LogP contribution in [0.4, 0.5) is 24.0 Å². The number of piperidine rings is 1. The Morgan fingerprint density at radius 1 is 1.09 bits per heavy atom. The Morgan fingerprint density at radius 3 is 2.38 bits per heavy atom. The molecule has 1 saturated heterocycles. The second-order valence-corrected chi connectivity index (χ2v) is 9.12. The summed E-state index contributed by atoms with van der Waals surface area (Å²) >= 11 is 1.21. The molecular weight excluding hydrogens is 471 g/mol. The van der Waals surface area contributed by atoms with Gasteiger partial charge in [0.2, 0.25) is 5.91 Å². The van der Waals surface area contributed by atoms with E-state index in [0.29, 0.717) is 16.3 Å². The fourth-order valence-electron chi connectivity index (χ4n) is 3.94. The highest BCUT2D eigenvalue weighted by molar-refractivity contribution is 7.22. The second kappa shape index (κ2) is 9.61. The van der Waals surface area contributed by atoms with Crippen LogP contribution >= 0.6 is 11.3 Å². The van der Waals surface area contributed by atoms with E-state index in [1.54, 1.807) is 0 Å². The highest BCUT2D eigenvalue weighted by Gasteiger charge is 2.30. The summed E-state index contributed by atoms with van der Waals surface area (Å²) in [6, 6.07) is 4.03. The zero-order valence-electron chi connectivity index (χ0n) is 18.5. The van der Waals surface area contributed by atoms with Gasteiger partial charge in [-0.2, -0.15) is 13.2 Å². The number of hydrogen-bond donors (Lipinski definition) is 1. The van der Waals surface area contributed by atoms with Crippen molar-refractivity contribution in [1.29, 1.82) is 0 Å². The van der Waals surface area contributed by atoms with Crippen molar-refractivity contribution in [1.82, 2.24) is 14.1 Å². The molecule has 0 aliphatic carbocycles. The van der Waals surface area contributed by atoms with Crippen LogP contribution in [0.3, 0.4) is 0 Å². The lowest BCUT2D eigenvalue weighted by Gasteiger charge is -2.25. The Balaban J connectivity index is 1.67. The average Bonchev–Trinajstić information content (AvgIpc) is 3.25. The molecule has 1 amide bonds. The van der Waals surface area contributed by atoms with E-state index < -0.39 is 35.4 Å². The molecule has 3 heterocycles. The molecule has 3 aromatic rings. The Bertz CT molecular complexity index is 1300. The van der Waals surface area contributed by atoms with Crippen molar-refractivity contribution in [2.45, 2.75) is 51.9 Å². The number of thiazole rings is 1. The standard InChI is InChI=1S/C22H24F3N5O3S/c1-2-10-29-19(32)17-18(27-20(34-17)28-11-4-3-5-12-28)30(21(29)33)13-16(31)26-15-8-6-14(7-9-15)22(23,24)25/h6-9H,2-5,10-13H2,1H3,(H,26,31). The summed E-state index contributed by atoms with van der Waals surface area (Å²) < 4.78 is 40.9. The minimum Gasteiger partial charge on any atom is -0.348 e. The Morgan fingerprint density at radius 2 is 1.76 bits per heavy atom. The van der Waals surface area contributed by atoms with Crippen molar-refractivity contribution in [3.63, 3.8) is 0 Å². The van der Waals surface area contributed by atoms with Crippen molar-refractivity contribution < 1.29 is 18.0 Å². The topological polar surface area (TPSA) is 89.2 Å². The normalized spacial score (nSPS) is 14.5. The third-order valence-electron chi connectivity index (χ3n) is 5.63. The largest absolute Gasteiger partial charge is 0.416 e. The quantitative estimate of drug-likeness (QED) is 0.564. The molecule has 0 unspecified atom stereocenters. The molecule has 1 aromatic carbocycles. The van der Waals surface area contributed by atoms with Crippen LogP contribution in [0, 0.1) is 0 Å². The van der Waals surface area contributed by atoms with Gasteiger partial charge in [0.15, 0.2) is 10.8 Å². The summed E-state index contributed by atoms with van der Waals surface area (Å²) in [6.45, 7) is 3.22. The third kappa shape index (κ3) is 4.86. The number of amides is 1. The molecule has 0 bridgehead atoms. The number of halogens is 3. The van der Waals surface area contributed by atoms with Gasteiger partial charge >= 0.3 is 11.9 Å². The molecule has 1 aliphatic rings. The van der Waals surface area contributed by atoms with Crippen LogP contribution in [0.2, 0.25) is 0 Å². The van der Waals surface area contributed by atoms with Crippen molar-refractivity contribution in [3.05, 3.63) is 50.7 Å². The molecule has 0 radical (unpaired) electrons. The maximum atomic E-state index is 13.1. The number of hydrogen-bond acceptors (Lipinski definition) is 6. The van der Waals surface area contributed by atoms with Gasteiger partial charge in [0.1, 0.15) is 11.2 Å². The van der Waals surface area contributed by atoms with Gasteiger partial charge in [-0.05, 0) is 49.9 Å². The Labute approximate surface area is 196 Å². The molecule has 1 fully saturated rings. The monoisotopic (exact) mass is 495 g/mol. The van der Waals surface area contributed by atoms with Gasteiger partial charge in [-0.15, -0.1) is 0 Å². The van der Waals surface area contributed by atoms with E-state index in [1.807, 2.05) is 6.92 Å². The molecule has 0 spiro atoms. The van der Waals surface area contributed by atoms with Crippen molar-refractivity contribution in [3.8, 4) is 0 Å². The average molecular weight is 496 g/mol. The summed E-state index contributed by atoms with van der Waals surface area (Å²) in [7, 11) is 0. The lowest BCUT2D eigenvalue weighted by molar-refractivity contribution is -0.137. The lowest BCUT2D eigenvalue weighted by Crippen LogP contribution is -2.41.